The molecule has 6 heteroatoms. The van der Waals surface area contributed by atoms with E-state index in [-0.39, 0.29) is 5.15 Å². The predicted molar refractivity (Wildman–Crippen MR) is 35.1 cm³/mol. The summed E-state index contributed by atoms with van der Waals surface area (Å²) in [5.74, 6) is 0. The van der Waals surface area contributed by atoms with Crippen molar-refractivity contribution in [3.05, 3.63) is 26.0 Å². The van der Waals surface area contributed by atoms with Crippen LogP contribution in [0.2, 0.25) is 5.15 Å². The van der Waals surface area contributed by atoms with E-state index in [0.717, 1.165) is 4.68 Å². The summed E-state index contributed by atoms with van der Waals surface area (Å²) in [6.45, 7) is 0. The van der Waals surface area contributed by atoms with E-state index in [9.17, 15) is 9.59 Å². The van der Waals surface area contributed by atoms with Crippen LogP contribution in [0.5, 0.6) is 0 Å². The number of halogens is 1. The second-order valence-corrected chi connectivity index (χ2v) is 2.03. The largest absolute Gasteiger partial charge is 0.344 e. The molecule has 0 fully saturated rings. The third-order valence-corrected chi connectivity index (χ3v) is 1.19. The van der Waals surface area contributed by atoms with Crippen LogP contribution in [0.25, 0.3) is 0 Å². The molecule has 0 aliphatic heterocycles. The van der Waals surface area contributed by atoms with Gasteiger partial charge in [-0.15, -0.1) is 0 Å². The Bertz CT molecular complexity index is 321. The Morgan fingerprint density at radius 1 is 1.60 bits per heavy atom. The fourth-order valence-corrected chi connectivity index (χ4v) is 0.613. The minimum absolute atomic E-state index is 0.234. The average molecular weight is 162 g/mol. The first-order chi connectivity index (χ1) is 4.61. The van der Waals surface area contributed by atoms with Crippen LogP contribution in [-0.2, 0) is 7.05 Å². The first kappa shape index (κ1) is 7.01. The molecule has 1 aromatic rings. The van der Waals surface area contributed by atoms with Gasteiger partial charge < -0.3 is 0 Å². The molecular formula is C4H4ClN3O2. The second kappa shape index (κ2) is 2.26. The SMILES string of the molecule is Cn1nc(Cl)c(=O)[nH]c1=O. The summed E-state index contributed by atoms with van der Waals surface area (Å²) < 4.78 is 0.948. The highest BCUT2D eigenvalue weighted by Gasteiger charge is 1.98. The number of H-pyrrole nitrogens is 1. The summed E-state index contributed by atoms with van der Waals surface area (Å²) in [5, 5.41) is 3.16. The van der Waals surface area contributed by atoms with Gasteiger partial charge in [-0.05, 0) is 0 Å². The lowest BCUT2D eigenvalue weighted by molar-refractivity contribution is 0.666. The Balaban J connectivity index is 3.59. The van der Waals surface area contributed by atoms with E-state index >= 15 is 0 Å². The average Bonchev–Trinajstić information content (AvgIpc) is 1.84. The van der Waals surface area contributed by atoms with Gasteiger partial charge in [-0.3, -0.25) is 9.78 Å². The minimum Gasteiger partial charge on any atom is -0.270 e. The Morgan fingerprint density at radius 3 is 2.70 bits per heavy atom. The Hall–Kier alpha value is -1.10. The lowest BCUT2D eigenvalue weighted by Crippen LogP contribution is -2.30. The molecule has 0 amide bonds. The van der Waals surface area contributed by atoms with Crippen LogP contribution in [0.4, 0.5) is 0 Å². The van der Waals surface area contributed by atoms with Gasteiger partial charge in [0.05, 0.1) is 0 Å². The Labute approximate surface area is 60.3 Å². The van der Waals surface area contributed by atoms with Crippen molar-refractivity contribution in [2.24, 2.45) is 7.05 Å². The number of nitrogens with one attached hydrogen (secondary N) is 1. The summed E-state index contributed by atoms with van der Waals surface area (Å²) >= 11 is 5.27. The van der Waals surface area contributed by atoms with Crippen molar-refractivity contribution in [2.75, 3.05) is 0 Å². The third kappa shape index (κ3) is 1.08. The molecule has 0 atom stereocenters. The lowest BCUT2D eigenvalue weighted by atomic mass is 10.8. The maximum Gasteiger partial charge on any atom is 0.344 e. The van der Waals surface area contributed by atoms with Crippen molar-refractivity contribution in [3.8, 4) is 0 Å². The standard InChI is InChI=1S/C4H4ClN3O2/c1-8-4(10)6-3(9)2(5)7-8/h1H3,(H,6,9,10). The van der Waals surface area contributed by atoms with Crippen molar-refractivity contribution in [3.63, 3.8) is 0 Å². The molecule has 54 valence electrons. The van der Waals surface area contributed by atoms with Crippen molar-refractivity contribution in [1.29, 1.82) is 0 Å². The summed E-state index contributed by atoms with van der Waals surface area (Å²) in [5.41, 5.74) is -1.24. The van der Waals surface area contributed by atoms with Crippen molar-refractivity contribution < 1.29 is 0 Å². The maximum absolute atomic E-state index is 10.6. The number of aromatic amines is 1. The van der Waals surface area contributed by atoms with Crippen LogP contribution >= 0.6 is 11.6 Å². The molecule has 0 aromatic carbocycles. The smallest absolute Gasteiger partial charge is 0.270 e. The molecule has 0 spiro atoms. The fraction of sp³-hybridized carbons (Fsp3) is 0.250. The van der Waals surface area contributed by atoms with Crippen molar-refractivity contribution in [1.82, 2.24) is 14.8 Å². The molecule has 0 bridgehead atoms. The molecule has 1 N–H and O–H groups in total. The lowest BCUT2D eigenvalue weighted by Gasteiger charge is -1.91. The zero-order chi connectivity index (χ0) is 7.72. The van der Waals surface area contributed by atoms with Gasteiger partial charge in [0.1, 0.15) is 0 Å². The molecule has 1 rings (SSSR count). The number of rotatable bonds is 0. The van der Waals surface area contributed by atoms with E-state index < -0.39 is 11.2 Å². The molecule has 0 radical (unpaired) electrons. The second-order valence-electron chi connectivity index (χ2n) is 1.67. The molecule has 0 aliphatic rings. The number of aromatic nitrogens is 3. The monoisotopic (exact) mass is 161 g/mol. The number of nitrogens with zero attached hydrogens (tertiary/aromatic N) is 2. The van der Waals surface area contributed by atoms with Crippen molar-refractivity contribution >= 4 is 11.6 Å². The van der Waals surface area contributed by atoms with Gasteiger partial charge in [0.25, 0.3) is 5.56 Å². The molecule has 10 heavy (non-hydrogen) atoms. The van der Waals surface area contributed by atoms with E-state index in [4.69, 9.17) is 11.6 Å². The molecule has 0 aliphatic carbocycles. The van der Waals surface area contributed by atoms with E-state index in [1.165, 1.54) is 7.05 Å². The highest BCUT2D eigenvalue weighted by atomic mass is 35.5. The Kier molecular flexibility index (Phi) is 1.58. The minimum atomic E-state index is -0.662. The van der Waals surface area contributed by atoms with E-state index in [0.29, 0.717) is 0 Å². The first-order valence-electron chi connectivity index (χ1n) is 2.44. The van der Waals surface area contributed by atoms with Gasteiger partial charge in [0.15, 0.2) is 0 Å². The summed E-state index contributed by atoms with van der Waals surface area (Å²) in [6.07, 6.45) is 0. The summed E-state index contributed by atoms with van der Waals surface area (Å²) in [6, 6.07) is 0. The zero-order valence-electron chi connectivity index (χ0n) is 5.09. The molecule has 0 unspecified atom stereocenters. The number of aryl methyl sites for hydroxylation is 1. The Morgan fingerprint density at radius 2 is 2.20 bits per heavy atom. The van der Waals surface area contributed by atoms with E-state index in [2.05, 4.69) is 5.10 Å². The van der Waals surface area contributed by atoms with Crippen molar-refractivity contribution in [2.45, 2.75) is 0 Å². The molecule has 1 aromatic heterocycles. The van der Waals surface area contributed by atoms with Crippen LogP contribution in [0, 0.1) is 0 Å². The van der Waals surface area contributed by atoms with Gasteiger partial charge in [-0.25, -0.2) is 9.48 Å². The molecule has 1 heterocycles. The van der Waals surface area contributed by atoms with Crippen LogP contribution < -0.4 is 11.2 Å². The van der Waals surface area contributed by atoms with Crippen LogP contribution in [-0.4, -0.2) is 14.8 Å². The van der Waals surface area contributed by atoms with Gasteiger partial charge in [-0.1, -0.05) is 11.6 Å². The highest BCUT2D eigenvalue weighted by molar-refractivity contribution is 6.29. The van der Waals surface area contributed by atoms with Crippen LogP contribution in [0.15, 0.2) is 9.59 Å². The summed E-state index contributed by atoms with van der Waals surface area (Å²) in [7, 11) is 1.39. The molecule has 0 saturated heterocycles. The topological polar surface area (TPSA) is 67.8 Å². The molecule has 5 nitrogen and oxygen atoms in total. The highest BCUT2D eigenvalue weighted by Crippen LogP contribution is 1.86. The molecular weight excluding hydrogens is 158 g/mol. The van der Waals surface area contributed by atoms with Gasteiger partial charge in [0, 0.05) is 7.05 Å². The van der Waals surface area contributed by atoms with Gasteiger partial charge in [0.2, 0.25) is 5.15 Å². The quantitative estimate of drug-likeness (QED) is 0.538. The van der Waals surface area contributed by atoms with Crippen LogP contribution in [0.3, 0.4) is 0 Å². The maximum atomic E-state index is 10.6. The van der Waals surface area contributed by atoms with E-state index in [1.807, 2.05) is 4.98 Å². The summed E-state index contributed by atoms with van der Waals surface area (Å²) in [4.78, 5) is 23.1. The fourth-order valence-electron chi connectivity index (χ4n) is 0.452. The molecule has 0 saturated carbocycles. The van der Waals surface area contributed by atoms with Crippen LogP contribution in [0.1, 0.15) is 0 Å². The van der Waals surface area contributed by atoms with Gasteiger partial charge >= 0.3 is 5.69 Å². The number of hydrogen-bond donors (Lipinski definition) is 1. The van der Waals surface area contributed by atoms with Gasteiger partial charge in [-0.2, -0.15) is 5.10 Å². The third-order valence-electron chi connectivity index (χ3n) is 0.940. The normalized spacial score (nSPS) is 9.80. The number of hydrogen-bond acceptors (Lipinski definition) is 3. The zero-order valence-corrected chi connectivity index (χ0v) is 5.84. The van der Waals surface area contributed by atoms with E-state index in [1.54, 1.807) is 0 Å². The predicted octanol–water partition coefficient (Wildman–Crippen LogP) is -0.878. The first-order valence-corrected chi connectivity index (χ1v) is 2.82.